The summed E-state index contributed by atoms with van der Waals surface area (Å²) in [6.07, 6.45) is 0. The van der Waals surface area contributed by atoms with Crippen LogP contribution in [0.25, 0.3) is 0 Å². The van der Waals surface area contributed by atoms with E-state index in [2.05, 4.69) is 54.5 Å². The number of benzene rings is 1. The Balaban J connectivity index is 3.21. The van der Waals surface area contributed by atoms with E-state index in [0.717, 1.165) is 14.5 Å². The van der Waals surface area contributed by atoms with Gasteiger partial charge in [0.1, 0.15) is 5.82 Å². The van der Waals surface area contributed by atoms with Crippen LogP contribution in [0.5, 0.6) is 0 Å². The molecule has 0 atom stereocenters. The van der Waals surface area contributed by atoms with Gasteiger partial charge in [0.25, 0.3) is 0 Å². The van der Waals surface area contributed by atoms with Gasteiger partial charge in [-0.05, 0) is 33.6 Å². The Kier molecular flexibility index (Phi) is 3.77. The summed E-state index contributed by atoms with van der Waals surface area (Å²) in [7, 11) is 0. The fraction of sp³-hybridized carbons (Fsp3) is 0.143. The lowest BCUT2D eigenvalue weighted by molar-refractivity contribution is 0.619. The first-order chi connectivity index (χ1) is 5.15. The number of halogens is 4. The third-order valence-corrected chi connectivity index (χ3v) is 3.40. The van der Waals surface area contributed by atoms with E-state index >= 15 is 0 Å². The van der Waals surface area contributed by atoms with Gasteiger partial charge in [0.05, 0.1) is 4.47 Å². The van der Waals surface area contributed by atoms with Gasteiger partial charge in [-0.1, -0.05) is 38.5 Å². The average Bonchev–Trinajstić information content (AvgIpc) is 1.97. The molecule has 0 aromatic heterocycles. The van der Waals surface area contributed by atoms with Gasteiger partial charge in [-0.15, -0.1) is 0 Å². The molecule has 1 aromatic carbocycles. The molecule has 60 valence electrons. The Hall–Kier alpha value is 0.840. The molecule has 0 amide bonds. The van der Waals surface area contributed by atoms with Crippen molar-refractivity contribution < 1.29 is 4.39 Å². The Labute approximate surface area is 95.0 Å². The summed E-state index contributed by atoms with van der Waals surface area (Å²) in [5.41, 5.74) is 0.978. The molecule has 0 aliphatic carbocycles. The smallest absolute Gasteiger partial charge is 0.137 e. The minimum absolute atomic E-state index is 0.208. The average molecular weight is 394 g/mol. The fourth-order valence-corrected chi connectivity index (χ4v) is 2.96. The van der Waals surface area contributed by atoms with Crippen molar-refractivity contribution in [2.45, 2.75) is 4.43 Å². The first-order valence-corrected chi connectivity index (χ1v) is 5.95. The van der Waals surface area contributed by atoms with E-state index in [1.165, 1.54) is 6.07 Å². The third kappa shape index (κ3) is 2.39. The van der Waals surface area contributed by atoms with Gasteiger partial charge in [-0.25, -0.2) is 4.39 Å². The van der Waals surface area contributed by atoms with Crippen LogP contribution in [0, 0.1) is 5.82 Å². The number of hydrogen-bond acceptors (Lipinski definition) is 0. The Bertz CT molecular complexity index is 275. The summed E-state index contributed by atoms with van der Waals surface area (Å²) in [6, 6.07) is 3.25. The van der Waals surface area contributed by atoms with E-state index in [-0.39, 0.29) is 5.82 Å². The minimum Gasteiger partial charge on any atom is -0.206 e. The second-order valence-corrected chi connectivity index (χ2v) is 4.46. The van der Waals surface area contributed by atoms with Crippen LogP contribution >= 0.6 is 54.5 Å². The quantitative estimate of drug-likeness (QED) is 0.379. The van der Waals surface area contributed by atoms with Gasteiger partial charge in [-0.2, -0.15) is 0 Å². The van der Waals surface area contributed by atoms with Crippen molar-refractivity contribution in [2.24, 2.45) is 0 Å². The Morgan fingerprint density at radius 2 is 1.91 bits per heavy atom. The third-order valence-electron chi connectivity index (χ3n) is 1.23. The molecular formula is C7H4Br2FI. The van der Waals surface area contributed by atoms with Crippen LogP contribution in [0.4, 0.5) is 4.39 Å². The normalized spacial score (nSPS) is 10.2. The topological polar surface area (TPSA) is 0 Å². The van der Waals surface area contributed by atoms with Gasteiger partial charge in [-0.3, -0.25) is 0 Å². The number of alkyl halides is 1. The summed E-state index contributed by atoms with van der Waals surface area (Å²) in [4.78, 5) is 0. The zero-order valence-corrected chi connectivity index (χ0v) is 10.7. The highest BCUT2D eigenvalue weighted by atomic mass is 127. The molecule has 0 spiro atoms. The van der Waals surface area contributed by atoms with Crippen LogP contribution in [0.2, 0.25) is 0 Å². The first kappa shape index (κ1) is 9.92. The van der Waals surface area contributed by atoms with Crippen molar-refractivity contribution in [3.63, 3.8) is 0 Å². The van der Waals surface area contributed by atoms with E-state index < -0.39 is 0 Å². The molecule has 0 fully saturated rings. The molecule has 1 aromatic rings. The molecule has 0 bridgehead atoms. The maximum Gasteiger partial charge on any atom is 0.137 e. The van der Waals surface area contributed by atoms with Gasteiger partial charge in [0.2, 0.25) is 0 Å². The predicted octanol–water partition coefficient (Wildman–Crippen LogP) is 4.29. The van der Waals surface area contributed by atoms with Crippen LogP contribution in [-0.2, 0) is 4.43 Å². The maximum atomic E-state index is 12.9. The first-order valence-electron chi connectivity index (χ1n) is 2.84. The molecule has 0 saturated carbocycles. The molecule has 0 aliphatic rings. The van der Waals surface area contributed by atoms with Crippen molar-refractivity contribution in [3.8, 4) is 0 Å². The van der Waals surface area contributed by atoms with Crippen molar-refractivity contribution in [1.82, 2.24) is 0 Å². The van der Waals surface area contributed by atoms with Crippen LogP contribution in [-0.4, -0.2) is 0 Å². The molecule has 0 radical (unpaired) electrons. The van der Waals surface area contributed by atoms with E-state index in [0.29, 0.717) is 4.47 Å². The second-order valence-electron chi connectivity index (χ2n) is 1.99. The maximum absolute atomic E-state index is 12.9. The Morgan fingerprint density at radius 3 is 2.45 bits per heavy atom. The van der Waals surface area contributed by atoms with Crippen molar-refractivity contribution in [3.05, 3.63) is 32.5 Å². The molecule has 0 heterocycles. The predicted molar refractivity (Wildman–Crippen MR) is 59.5 cm³/mol. The summed E-state index contributed by atoms with van der Waals surface area (Å²) >= 11 is 8.64. The molecule has 1 rings (SSSR count). The molecule has 0 saturated heterocycles. The Morgan fingerprint density at radius 1 is 1.27 bits per heavy atom. The van der Waals surface area contributed by atoms with E-state index in [4.69, 9.17) is 0 Å². The molecule has 4 heteroatoms. The molecule has 11 heavy (non-hydrogen) atoms. The largest absolute Gasteiger partial charge is 0.206 e. The van der Waals surface area contributed by atoms with Gasteiger partial charge in [0, 0.05) is 8.90 Å². The second kappa shape index (κ2) is 4.18. The van der Waals surface area contributed by atoms with Crippen molar-refractivity contribution in [1.29, 1.82) is 0 Å². The molecular weight excluding hydrogens is 390 g/mol. The minimum atomic E-state index is -0.208. The van der Waals surface area contributed by atoms with E-state index in [9.17, 15) is 4.39 Å². The lowest BCUT2D eigenvalue weighted by atomic mass is 10.2. The fourth-order valence-electron chi connectivity index (χ4n) is 0.666. The molecule has 0 nitrogen and oxygen atoms in total. The summed E-state index contributed by atoms with van der Waals surface area (Å²) in [6.45, 7) is 0. The lowest BCUT2D eigenvalue weighted by Gasteiger charge is -2.01. The van der Waals surface area contributed by atoms with E-state index in [1.807, 2.05) is 0 Å². The van der Waals surface area contributed by atoms with Crippen LogP contribution < -0.4 is 0 Å². The highest BCUT2D eigenvalue weighted by molar-refractivity contribution is 14.1. The van der Waals surface area contributed by atoms with Gasteiger partial charge < -0.3 is 0 Å². The van der Waals surface area contributed by atoms with Crippen molar-refractivity contribution >= 4 is 54.5 Å². The standard InChI is InChI=1S/C7H4Br2FI/c8-5-2-6(9)7(10)1-4(5)3-11/h1-2H,3H2. The van der Waals surface area contributed by atoms with Crippen LogP contribution in [0.15, 0.2) is 21.1 Å². The lowest BCUT2D eigenvalue weighted by Crippen LogP contribution is -1.84. The number of rotatable bonds is 1. The monoisotopic (exact) mass is 392 g/mol. The van der Waals surface area contributed by atoms with E-state index in [1.54, 1.807) is 6.07 Å². The highest BCUT2D eigenvalue weighted by Crippen LogP contribution is 2.26. The summed E-state index contributed by atoms with van der Waals surface area (Å²) in [5.74, 6) is -0.208. The SMILES string of the molecule is Fc1cc(CI)c(Br)cc1Br. The van der Waals surface area contributed by atoms with Crippen molar-refractivity contribution in [2.75, 3.05) is 0 Å². The zero-order valence-electron chi connectivity index (χ0n) is 5.37. The highest BCUT2D eigenvalue weighted by Gasteiger charge is 2.04. The zero-order chi connectivity index (χ0) is 8.43. The molecule has 0 N–H and O–H groups in total. The van der Waals surface area contributed by atoms with Crippen LogP contribution in [0.3, 0.4) is 0 Å². The number of hydrogen-bond donors (Lipinski definition) is 0. The van der Waals surface area contributed by atoms with Gasteiger partial charge >= 0.3 is 0 Å². The molecule has 0 aliphatic heterocycles. The van der Waals surface area contributed by atoms with Crippen LogP contribution in [0.1, 0.15) is 5.56 Å². The molecule has 0 unspecified atom stereocenters. The summed E-state index contributed by atoms with van der Waals surface area (Å²) in [5, 5.41) is 0. The summed E-state index contributed by atoms with van der Waals surface area (Å²) < 4.78 is 15.1. The van der Waals surface area contributed by atoms with Gasteiger partial charge in [0.15, 0.2) is 0 Å².